The molecule has 276 valence electrons. The van der Waals surface area contributed by atoms with E-state index in [1.807, 2.05) is 35.4 Å². The highest BCUT2D eigenvalue weighted by Crippen LogP contribution is 2.45. The number of amides is 1. The number of esters is 3. The number of carbonyl (C=O) groups excluding carboxylic acids is 4. The smallest absolute Gasteiger partial charge is 0.407 e. The zero-order valence-corrected chi connectivity index (χ0v) is 31.4. The summed E-state index contributed by atoms with van der Waals surface area (Å²) in [4.78, 5) is 49.7. The van der Waals surface area contributed by atoms with Crippen LogP contribution in [0, 0.1) is 29.6 Å². The van der Waals surface area contributed by atoms with Crippen molar-refractivity contribution in [2.75, 3.05) is 32.1 Å². The fourth-order valence-electron chi connectivity index (χ4n) is 7.16. The molecule has 12 heteroatoms. The summed E-state index contributed by atoms with van der Waals surface area (Å²) in [5, 5.41) is 3.40. The first-order valence-electron chi connectivity index (χ1n) is 18.4. The first kappa shape index (κ1) is 39.6. The van der Waals surface area contributed by atoms with E-state index >= 15 is 0 Å². The van der Waals surface area contributed by atoms with Crippen molar-refractivity contribution in [3.63, 3.8) is 0 Å². The molecular weight excluding hydrogens is 667 g/mol. The van der Waals surface area contributed by atoms with Crippen molar-refractivity contribution >= 4 is 45.6 Å². The molecule has 0 spiro atoms. The van der Waals surface area contributed by atoms with Crippen LogP contribution in [-0.4, -0.2) is 79.7 Å². The third kappa shape index (κ3) is 13.1. The van der Waals surface area contributed by atoms with Crippen LogP contribution in [0.3, 0.4) is 0 Å². The molecule has 0 aromatic rings. The minimum absolute atomic E-state index is 0.0218. The molecule has 2 fully saturated rings. The van der Waals surface area contributed by atoms with Crippen LogP contribution in [0.5, 0.6) is 0 Å². The van der Waals surface area contributed by atoms with Gasteiger partial charge in [0.2, 0.25) is 0 Å². The Morgan fingerprint density at radius 1 is 1.06 bits per heavy atom. The van der Waals surface area contributed by atoms with E-state index < -0.39 is 12.2 Å². The monoisotopic (exact) mass is 723 g/mol. The molecule has 0 radical (unpaired) electrons. The molecule has 4 aliphatic rings. The Labute approximate surface area is 300 Å². The Bertz CT molecular complexity index is 1160. The van der Waals surface area contributed by atoms with Gasteiger partial charge in [0.25, 0.3) is 0 Å². The summed E-state index contributed by atoms with van der Waals surface area (Å²) in [6.45, 7) is 9.18. The van der Waals surface area contributed by atoms with Gasteiger partial charge in [0, 0.05) is 36.3 Å². The van der Waals surface area contributed by atoms with Crippen molar-refractivity contribution in [2.24, 2.45) is 29.6 Å². The number of unbranched alkanes of at least 4 members (excludes halogenated alkanes) is 1. The van der Waals surface area contributed by atoms with Crippen LogP contribution in [0.25, 0.3) is 0 Å². The van der Waals surface area contributed by atoms with Crippen LogP contribution in [0.1, 0.15) is 98.3 Å². The zero-order chi connectivity index (χ0) is 35.2. The molecule has 4 rings (SSSR count). The quantitative estimate of drug-likeness (QED) is 0.0668. The van der Waals surface area contributed by atoms with Crippen molar-refractivity contribution in [1.82, 2.24) is 5.32 Å². The largest absolute Gasteiger partial charge is 0.463 e. The van der Waals surface area contributed by atoms with Crippen LogP contribution in [0.2, 0.25) is 0 Å². The Kier molecular flexibility index (Phi) is 16.7. The van der Waals surface area contributed by atoms with Crippen molar-refractivity contribution in [1.29, 1.82) is 0 Å². The Balaban J connectivity index is 1.12. The van der Waals surface area contributed by atoms with Crippen LogP contribution in [0.15, 0.2) is 23.8 Å². The van der Waals surface area contributed by atoms with Crippen LogP contribution < -0.4 is 5.32 Å². The van der Waals surface area contributed by atoms with Gasteiger partial charge in [-0.05, 0) is 68.3 Å². The second-order valence-electron chi connectivity index (χ2n) is 14.1. The predicted molar refractivity (Wildman–Crippen MR) is 192 cm³/mol. The Morgan fingerprint density at radius 2 is 1.90 bits per heavy atom. The van der Waals surface area contributed by atoms with E-state index in [1.165, 1.54) is 17.7 Å². The lowest BCUT2D eigenvalue weighted by Gasteiger charge is -2.43. The van der Waals surface area contributed by atoms with Crippen molar-refractivity contribution in [3.05, 3.63) is 23.8 Å². The first-order valence-corrected chi connectivity index (χ1v) is 20.8. The predicted octanol–water partition coefficient (Wildman–Crippen LogP) is 7.20. The minimum atomic E-state index is -0.605. The van der Waals surface area contributed by atoms with Gasteiger partial charge in [-0.15, -0.1) is 0 Å². The number of rotatable bonds is 18. The molecule has 0 bridgehead atoms. The average molecular weight is 724 g/mol. The summed E-state index contributed by atoms with van der Waals surface area (Å²) in [5.41, 5.74) is 1.23. The molecular formula is C37H57NO9S2. The SMILES string of the molecule is CCC(C)C(=O)OC1C[C@H](C)C=C2C=C[C@H](C)[C@H](CCC3CC(OC(=O)NCCOCCOC(=O)CCCCC4CCSS4)CC(=O)O3)[C@@H]21. The lowest BCUT2D eigenvalue weighted by molar-refractivity contribution is -0.162. The number of cyclic esters (lactones) is 1. The van der Waals surface area contributed by atoms with Gasteiger partial charge in [-0.25, -0.2) is 4.79 Å². The normalized spacial score (nSPS) is 30.0. The number of allylic oxidation sites excluding steroid dienone is 3. The highest BCUT2D eigenvalue weighted by molar-refractivity contribution is 8.77. The highest BCUT2D eigenvalue weighted by atomic mass is 33.1. The molecule has 0 saturated carbocycles. The first-order chi connectivity index (χ1) is 23.6. The molecule has 1 amide bonds. The number of ether oxygens (including phenoxy) is 5. The van der Waals surface area contributed by atoms with Gasteiger partial charge in [0.05, 0.1) is 25.6 Å². The van der Waals surface area contributed by atoms with E-state index in [9.17, 15) is 19.2 Å². The molecule has 0 aromatic carbocycles. The van der Waals surface area contributed by atoms with Crippen molar-refractivity contribution in [3.8, 4) is 0 Å². The molecule has 2 saturated heterocycles. The third-order valence-electron chi connectivity index (χ3n) is 10.1. The second kappa shape index (κ2) is 20.6. The highest BCUT2D eigenvalue weighted by Gasteiger charge is 2.42. The van der Waals surface area contributed by atoms with Gasteiger partial charge in [0.15, 0.2) is 0 Å². The number of hydrogen-bond acceptors (Lipinski definition) is 11. The van der Waals surface area contributed by atoms with E-state index in [2.05, 4.69) is 37.4 Å². The molecule has 2 aliphatic heterocycles. The number of fused-ring (bicyclic) bond motifs is 1. The second-order valence-corrected chi connectivity index (χ2v) is 16.9. The van der Waals surface area contributed by atoms with E-state index in [0.717, 1.165) is 43.8 Å². The van der Waals surface area contributed by atoms with Gasteiger partial charge in [-0.3, -0.25) is 14.4 Å². The lowest BCUT2D eigenvalue weighted by atomic mass is 9.65. The zero-order valence-electron chi connectivity index (χ0n) is 29.7. The summed E-state index contributed by atoms with van der Waals surface area (Å²) < 4.78 is 28.1. The third-order valence-corrected chi connectivity index (χ3v) is 13.1. The number of alkyl carbamates (subject to hydrolysis) is 1. The fraction of sp³-hybridized carbons (Fsp3) is 0.784. The fourth-order valence-corrected chi connectivity index (χ4v) is 10.2. The van der Waals surface area contributed by atoms with E-state index in [-0.39, 0.29) is 86.6 Å². The maximum Gasteiger partial charge on any atom is 0.407 e. The van der Waals surface area contributed by atoms with E-state index in [1.54, 1.807) is 0 Å². The number of hydrogen-bond donors (Lipinski definition) is 1. The van der Waals surface area contributed by atoms with Gasteiger partial charge in [0.1, 0.15) is 24.9 Å². The minimum Gasteiger partial charge on any atom is -0.463 e. The Hall–Kier alpha value is -2.18. The molecule has 1 N–H and O–H groups in total. The molecule has 2 aliphatic carbocycles. The maximum absolute atomic E-state index is 12.8. The van der Waals surface area contributed by atoms with Crippen molar-refractivity contribution in [2.45, 2.75) is 122 Å². The average Bonchev–Trinajstić information content (AvgIpc) is 3.59. The van der Waals surface area contributed by atoms with Gasteiger partial charge in [-0.1, -0.05) is 73.9 Å². The van der Waals surface area contributed by atoms with Crippen molar-refractivity contribution < 1.29 is 42.9 Å². The van der Waals surface area contributed by atoms with E-state index in [0.29, 0.717) is 25.2 Å². The van der Waals surface area contributed by atoms with Gasteiger partial charge < -0.3 is 29.0 Å². The summed E-state index contributed by atoms with van der Waals surface area (Å²) in [5.74, 6) is 1.32. The number of carbonyl (C=O) groups is 4. The standard InChI is InChI=1S/C37H57NO9S2/c1-5-25(3)36(41)47-32-21-24(2)20-27-11-10-26(4)31(35(27)32)13-12-28-22-29(23-34(40)45-28)46-37(42)38-15-16-43-17-18-44-33(39)9-7-6-8-30-14-19-48-49-30/h10-11,20,24-26,28-32,35H,5-9,12-19,21-23H2,1-4H3,(H,38,42)/t24-,25?,26+,28?,29?,30?,31+,32?,35-/m1/s1. The molecule has 2 heterocycles. The van der Waals surface area contributed by atoms with E-state index in [4.69, 9.17) is 23.7 Å². The van der Waals surface area contributed by atoms with Gasteiger partial charge >= 0.3 is 24.0 Å². The summed E-state index contributed by atoms with van der Waals surface area (Å²) in [7, 11) is 3.90. The molecule has 0 aromatic heterocycles. The molecule has 49 heavy (non-hydrogen) atoms. The van der Waals surface area contributed by atoms with Crippen LogP contribution in [0.4, 0.5) is 4.79 Å². The topological polar surface area (TPSA) is 126 Å². The summed E-state index contributed by atoms with van der Waals surface area (Å²) in [6, 6.07) is 0. The molecule has 9 atom stereocenters. The van der Waals surface area contributed by atoms with Crippen LogP contribution in [-0.2, 0) is 38.1 Å². The Morgan fingerprint density at radius 3 is 2.67 bits per heavy atom. The molecule has 10 nitrogen and oxygen atoms in total. The number of nitrogens with one attached hydrogen (secondary N) is 1. The summed E-state index contributed by atoms with van der Waals surface area (Å²) >= 11 is 0. The van der Waals surface area contributed by atoms with Crippen LogP contribution >= 0.6 is 21.6 Å². The maximum atomic E-state index is 12.8. The van der Waals surface area contributed by atoms with Gasteiger partial charge in [-0.2, -0.15) is 0 Å². The lowest BCUT2D eigenvalue weighted by Crippen LogP contribution is -2.42. The molecule has 5 unspecified atom stereocenters. The summed E-state index contributed by atoms with van der Waals surface area (Å²) in [6.07, 6.45) is 13.2.